The van der Waals surface area contributed by atoms with Gasteiger partial charge in [0.15, 0.2) is 17.6 Å². The Hall–Kier alpha value is -2.28. The van der Waals surface area contributed by atoms with Gasteiger partial charge in [0.2, 0.25) is 5.91 Å². The monoisotopic (exact) mass is 309 g/mol. The zero-order valence-electron chi connectivity index (χ0n) is 12.4. The Bertz CT molecular complexity index is 533. The lowest BCUT2D eigenvalue weighted by molar-refractivity contribution is -0.159. The van der Waals surface area contributed by atoms with Crippen molar-refractivity contribution in [3.05, 3.63) is 24.3 Å². The molecule has 0 saturated carbocycles. The van der Waals surface area contributed by atoms with Gasteiger partial charge >= 0.3 is 5.97 Å². The van der Waals surface area contributed by atoms with Crippen LogP contribution in [0.15, 0.2) is 24.3 Å². The van der Waals surface area contributed by atoms with Crippen LogP contribution in [0.2, 0.25) is 0 Å². The second-order valence-corrected chi connectivity index (χ2v) is 4.79. The van der Waals surface area contributed by atoms with E-state index in [0.29, 0.717) is 18.0 Å². The third kappa shape index (κ3) is 4.11. The standard InChI is InChI=1S/C15H19NO6/c1-20-11-4-2-3-5-12(11)21-8-6-14(17)16-7-9-22-13(10-16)15(18)19/h2-5,13H,6-10H2,1H3,(H,18,19)/t13-/m1/s1. The second kappa shape index (κ2) is 7.65. The quantitative estimate of drug-likeness (QED) is 0.835. The van der Waals surface area contributed by atoms with Crippen molar-refractivity contribution in [3.8, 4) is 11.5 Å². The number of carboxylic acid groups (broad SMARTS) is 1. The molecule has 1 heterocycles. The molecule has 0 aliphatic carbocycles. The molecule has 0 aromatic heterocycles. The Morgan fingerprint density at radius 3 is 2.77 bits per heavy atom. The van der Waals surface area contributed by atoms with Crippen molar-refractivity contribution >= 4 is 11.9 Å². The number of ether oxygens (including phenoxy) is 3. The molecule has 1 aromatic rings. The minimum absolute atomic E-state index is 0.0722. The molecule has 2 rings (SSSR count). The van der Waals surface area contributed by atoms with Crippen LogP contribution in [0.5, 0.6) is 11.5 Å². The van der Waals surface area contributed by atoms with Gasteiger partial charge in [-0.1, -0.05) is 12.1 Å². The molecule has 1 aliphatic rings. The van der Waals surface area contributed by atoms with E-state index in [-0.39, 0.29) is 32.1 Å². The molecule has 7 heteroatoms. The Morgan fingerprint density at radius 1 is 1.36 bits per heavy atom. The van der Waals surface area contributed by atoms with E-state index in [1.807, 2.05) is 12.1 Å². The van der Waals surface area contributed by atoms with E-state index >= 15 is 0 Å². The molecule has 22 heavy (non-hydrogen) atoms. The van der Waals surface area contributed by atoms with Crippen LogP contribution in [0.3, 0.4) is 0 Å². The molecular weight excluding hydrogens is 290 g/mol. The highest BCUT2D eigenvalue weighted by molar-refractivity contribution is 5.78. The first kappa shape index (κ1) is 16.1. The van der Waals surface area contributed by atoms with Gasteiger partial charge in [-0.2, -0.15) is 0 Å². The van der Waals surface area contributed by atoms with Gasteiger partial charge in [-0.15, -0.1) is 0 Å². The number of para-hydroxylation sites is 2. The summed E-state index contributed by atoms with van der Waals surface area (Å²) in [5.41, 5.74) is 0. The number of amides is 1. The zero-order valence-corrected chi connectivity index (χ0v) is 12.4. The first-order chi connectivity index (χ1) is 10.6. The number of morpholine rings is 1. The van der Waals surface area contributed by atoms with Crippen LogP contribution in [0.4, 0.5) is 0 Å². The molecule has 1 atom stereocenters. The fourth-order valence-electron chi connectivity index (χ4n) is 2.17. The Kier molecular flexibility index (Phi) is 5.60. The lowest BCUT2D eigenvalue weighted by Gasteiger charge is -2.30. The van der Waals surface area contributed by atoms with Gasteiger partial charge in [0, 0.05) is 6.54 Å². The van der Waals surface area contributed by atoms with Gasteiger partial charge in [-0.05, 0) is 12.1 Å². The van der Waals surface area contributed by atoms with Crippen LogP contribution < -0.4 is 9.47 Å². The molecule has 1 aliphatic heterocycles. The van der Waals surface area contributed by atoms with Crippen LogP contribution in [0.25, 0.3) is 0 Å². The molecule has 0 unspecified atom stereocenters. The highest BCUT2D eigenvalue weighted by Crippen LogP contribution is 2.25. The SMILES string of the molecule is COc1ccccc1OCCC(=O)N1CCO[C@@H](C(=O)O)C1. The molecule has 1 fully saturated rings. The van der Waals surface area contributed by atoms with Crippen molar-refractivity contribution in [1.29, 1.82) is 0 Å². The molecule has 0 radical (unpaired) electrons. The van der Waals surface area contributed by atoms with Crippen molar-refractivity contribution < 1.29 is 28.9 Å². The van der Waals surface area contributed by atoms with Gasteiger partial charge < -0.3 is 24.2 Å². The number of benzene rings is 1. The second-order valence-electron chi connectivity index (χ2n) is 4.79. The number of carboxylic acids is 1. The highest BCUT2D eigenvalue weighted by Gasteiger charge is 2.28. The summed E-state index contributed by atoms with van der Waals surface area (Å²) in [6, 6.07) is 7.19. The average Bonchev–Trinajstić information content (AvgIpc) is 2.55. The number of aliphatic carboxylic acids is 1. The van der Waals surface area contributed by atoms with E-state index in [0.717, 1.165) is 0 Å². The van der Waals surface area contributed by atoms with Gasteiger partial charge in [-0.3, -0.25) is 4.79 Å². The maximum Gasteiger partial charge on any atom is 0.334 e. The number of rotatable bonds is 6. The van der Waals surface area contributed by atoms with Crippen molar-refractivity contribution in [2.24, 2.45) is 0 Å². The predicted molar refractivity (Wildman–Crippen MR) is 77.1 cm³/mol. The third-order valence-electron chi connectivity index (χ3n) is 3.34. The summed E-state index contributed by atoms with van der Waals surface area (Å²) in [5.74, 6) is -0.0253. The molecule has 1 N–H and O–H groups in total. The van der Waals surface area contributed by atoms with Crippen LogP contribution in [0, 0.1) is 0 Å². The smallest absolute Gasteiger partial charge is 0.334 e. The van der Waals surface area contributed by atoms with Gasteiger partial charge in [-0.25, -0.2) is 4.79 Å². The zero-order chi connectivity index (χ0) is 15.9. The van der Waals surface area contributed by atoms with Gasteiger partial charge in [0.05, 0.1) is 33.3 Å². The predicted octanol–water partition coefficient (Wildman–Crippen LogP) is 0.776. The summed E-state index contributed by atoms with van der Waals surface area (Å²) in [4.78, 5) is 24.5. The van der Waals surface area contributed by atoms with Crippen molar-refractivity contribution in [1.82, 2.24) is 4.90 Å². The first-order valence-corrected chi connectivity index (χ1v) is 7.00. The van der Waals surface area contributed by atoms with E-state index in [1.54, 1.807) is 19.2 Å². The normalized spacial score (nSPS) is 17.9. The van der Waals surface area contributed by atoms with Gasteiger partial charge in [0.1, 0.15) is 0 Å². The van der Waals surface area contributed by atoms with Gasteiger partial charge in [0.25, 0.3) is 0 Å². The van der Waals surface area contributed by atoms with Crippen molar-refractivity contribution in [2.75, 3.05) is 33.4 Å². The maximum absolute atomic E-state index is 12.1. The first-order valence-electron chi connectivity index (χ1n) is 7.00. The Balaban J connectivity index is 1.81. The average molecular weight is 309 g/mol. The van der Waals surface area contributed by atoms with E-state index in [9.17, 15) is 9.59 Å². The molecule has 1 amide bonds. The summed E-state index contributed by atoms with van der Waals surface area (Å²) in [5, 5.41) is 8.92. The van der Waals surface area contributed by atoms with E-state index in [2.05, 4.69) is 0 Å². The summed E-state index contributed by atoms with van der Waals surface area (Å²) in [7, 11) is 1.55. The summed E-state index contributed by atoms with van der Waals surface area (Å²) >= 11 is 0. The molecule has 120 valence electrons. The van der Waals surface area contributed by atoms with E-state index in [1.165, 1.54) is 4.90 Å². The molecule has 7 nitrogen and oxygen atoms in total. The highest BCUT2D eigenvalue weighted by atomic mass is 16.5. The summed E-state index contributed by atoms with van der Waals surface area (Å²) in [6.07, 6.45) is -0.780. The number of carbonyl (C=O) groups excluding carboxylic acids is 1. The maximum atomic E-state index is 12.1. The van der Waals surface area contributed by atoms with E-state index < -0.39 is 12.1 Å². The minimum Gasteiger partial charge on any atom is -0.493 e. The van der Waals surface area contributed by atoms with Crippen LogP contribution >= 0.6 is 0 Å². The van der Waals surface area contributed by atoms with E-state index in [4.69, 9.17) is 19.3 Å². The number of methoxy groups -OCH3 is 1. The minimum atomic E-state index is -1.05. The number of nitrogens with zero attached hydrogens (tertiary/aromatic N) is 1. The fraction of sp³-hybridized carbons (Fsp3) is 0.467. The van der Waals surface area contributed by atoms with Crippen LogP contribution in [-0.2, 0) is 14.3 Å². The Labute approximate surface area is 128 Å². The third-order valence-corrected chi connectivity index (χ3v) is 3.34. The number of carbonyl (C=O) groups is 2. The largest absolute Gasteiger partial charge is 0.493 e. The molecule has 0 bridgehead atoms. The van der Waals surface area contributed by atoms with Crippen molar-refractivity contribution in [2.45, 2.75) is 12.5 Å². The molecule has 0 spiro atoms. The number of hydrogen-bond donors (Lipinski definition) is 1. The summed E-state index contributed by atoms with van der Waals surface area (Å²) in [6.45, 7) is 0.907. The van der Waals surface area contributed by atoms with Crippen LogP contribution in [-0.4, -0.2) is 61.4 Å². The fourth-order valence-corrected chi connectivity index (χ4v) is 2.17. The van der Waals surface area contributed by atoms with Crippen molar-refractivity contribution in [3.63, 3.8) is 0 Å². The molecular formula is C15H19NO6. The Morgan fingerprint density at radius 2 is 2.09 bits per heavy atom. The summed E-state index contributed by atoms with van der Waals surface area (Å²) < 4.78 is 15.8. The number of hydrogen-bond acceptors (Lipinski definition) is 5. The molecule has 1 aromatic carbocycles. The molecule has 1 saturated heterocycles. The lowest BCUT2D eigenvalue weighted by Crippen LogP contribution is -2.48. The topological polar surface area (TPSA) is 85.3 Å². The lowest BCUT2D eigenvalue weighted by atomic mass is 10.2. The van der Waals surface area contributed by atoms with Crippen LogP contribution in [0.1, 0.15) is 6.42 Å².